The van der Waals surface area contributed by atoms with Crippen molar-refractivity contribution >= 4 is 16.9 Å². The van der Waals surface area contributed by atoms with Gasteiger partial charge >= 0.3 is 5.97 Å². The Balaban J connectivity index is 1.76. The quantitative estimate of drug-likeness (QED) is 0.471. The Hall–Kier alpha value is -2.47. The van der Waals surface area contributed by atoms with Crippen molar-refractivity contribution in [2.75, 3.05) is 34.4 Å². The zero-order valence-electron chi connectivity index (χ0n) is 17.7. The highest BCUT2D eigenvalue weighted by atomic mass is 16.5. The van der Waals surface area contributed by atoms with E-state index in [-0.39, 0.29) is 17.9 Å². The zero-order chi connectivity index (χ0) is 20.5. The van der Waals surface area contributed by atoms with Crippen LogP contribution >= 0.6 is 0 Å². The van der Waals surface area contributed by atoms with E-state index in [4.69, 9.17) is 14.2 Å². The number of H-pyrrole nitrogens is 1. The van der Waals surface area contributed by atoms with E-state index < -0.39 is 0 Å². The molecule has 0 amide bonds. The Morgan fingerprint density at radius 3 is 2.83 bits per heavy atom. The highest BCUT2D eigenvalue weighted by Crippen LogP contribution is 2.47. The Bertz CT molecular complexity index is 932. The SMILES string of the molecule is CC[C@@H]1CN2CCc3c([nH]c4cccc(OC)c34)[C@H]2C[C@@H]1C(=COC)C(=O)OC. The topological polar surface area (TPSA) is 63.8 Å². The number of carbonyl (C=O) groups excluding carboxylic acids is 1. The molecule has 2 aromatic rings. The van der Waals surface area contributed by atoms with E-state index in [9.17, 15) is 4.79 Å². The lowest BCUT2D eigenvalue weighted by Crippen LogP contribution is -2.47. The molecule has 1 saturated heterocycles. The van der Waals surface area contributed by atoms with Gasteiger partial charge in [-0.05, 0) is 42.4 Å². The molecular weight excluding hydrogens is 368 g/mol. The van der Waals surface area contributed by atoms with Gasteiger partial charge in [0.2, 0.25) is 0 Å². The van der Waals surface area contributed by atoms with E-state index in [2.05, 4.69) is 22.9 Å². The summed E-state index contributed by atoms with van der Waals surface area (Å²) in [5, 5.41) is 1.19. The Morgan fingerprint density at radius 2 is 2.14 bits per heavy atom. The standard InChI is InChI=1S/C23H30N2O4/c1-5-14-12-25-10-9-15-21-18(7-6-8-20(21)28-3)24-22(15)19(25)11-16(14)17(13-27-2)23(26)29-4/h6-8,13-14,16,19,24H,5,9-12H2,1-4H3/t14-,16+,19-/m1/s1. The first kappa shape index (κ1) is 19.8. The van der Waals surface area contributed by atoms with Crippen LogP contribution in [0.25, 0.3) is 10.9 Å². The summed E-state index contributed by atoms with van der Waals surface area (Å²) in [4.78, 5) is 18.7. The molecule has 4 rings (SSSR count). The minimum Gasteiger partial charge on any atom is -0.504 e. The maximum Gasteiger partial charge on any atom is 0.337 e. The largest absolute Gasteiger partial charge is 0.504 e. The summed E-state index contributed by atoms with van der Waals surface area (Å²) < 4.78 is 16.0. The van der Waals surface area contributed by atoms with Gasteiger partial charge in [0, 0.05) is 29.7 Å². The Kier molecular flexibility index (Phi) is 5.54. The van der Waals surface area contributed by atoms with Gasteiger partial charge in [-0.1, -0.05) is 19.4 Å². The van der Waals surface area contributed by atoms with Crippen LogP contribution in [0.2, 0.25) is 0 Å². The lowest BCUT2D eigenvalue weighted by molar-refractivity contribution is -0.137. The van der Waals surface area contributed by atoms with Gasteiger partial charge in [0.15, 0.2) is 0 Å². The van der Waals surface area contributed by atoms with E-state index in [1.54, 1.807) is 20.5 Å². The molecule has 1 aromatic carbocycles. The van der Waals surface area contributed by atoms with Crippen molar-refractivity contribution in [3.05, 3.63) is 41.3 Å². The predicted octanol–water partition coefficient (Wildman–Crippen LogP) is 3.83. The molecule has 1 N–H and O–H groups in total. The van der Waals surface area contributed by atoms with Gasteiger partial charge in [-0.15, -0.1) is 0 Å². The highest BCUT2D eigenvalue weighted by Gasteiger charge is 2.42. The smallest absolute Gasteiger partial charge is 0.337 e. The fourth-order valence-corrected chi connectivity index (χ4v) is 5.28. The van der Waals surface area contributed by atoms with Crippen LogP contribution in [0.3, 0.4) is 0 Å². The van der Waals surface area contributed by atoms with Crippen molar-refractivity contribution in [2.24, 2.45) is 11.8 Å². The predicted molar refractivity (Wildman–Crippen MR) is 112 cm³/mol. The summed E-state index contributed by atoms with van der Waals surface area (Å²) in [6.07, 6.45) is 4.46. The second-order valence-electron chi connectivity index (χ2n) is 7.97. The lowest BCUT2D eigenvalue weighted by atomic mass is 9.74. The van der Waals surface area contributed by atoms with Crippen LogP contribution < -0.4 is 4.74 Å². The molecule has 29 heavy (non-hydrogen) atoms. The molecule has 0 radical (unpaired) electrons. The molecule has 156 valence electrons. The fraction of sp³-hybridized carbons (Fsp3) is 0.522. The van der Waals surface area contributed by atoms with Gasteiger partial charge in [0.1, 0.15) is 5.75 Å². The number of nitrogens with zero attached hydrogens (tertiary/aromatic N) is 1. The summed E-state index contributed by atoms with van der Waals surface area (Å²) in [5.74, 6) is 1.12. The first-order chi connectivity index (χ1) is 14.1. The van der Waals surface area contributed by atoms with Gasteiger partial charge in [-0.3, -0.25) is 4.90 Å². The summed E-state index contributed by atoms with van der Waals surface area (Å²) in [7, 11) is 4.75. The van der Waals surface area contributed by atoms with E-state index in [0.717, 1.165) is 43.6 Å². The third kappa shape index (κ3) is 3.29. The zero-order valence-corrected chi connectivity index (χ0v) is 17.7. The van der Waals surface area contributed by atoms with Gasteiger partial charge in [0.25, 0.3) is 0 Å². The van der Waals surface area contributed by atoms with Crippen molar-refractivity contribution in [1.29, 1.82) is 0 Å². The minimum absolute atomic E-state index is 0.105. The number of piperidine rings is 1. The van der Waals surface area contributed by atoms with Crippen LogP contribution in [-0.2, 0) is 20.7 Å². The summed E-state index contributed by atoms with van der Waals surface area (Å²) in [5.41, 5.74) is 4.37. The molecule has 1 fully saturated rings. The number of methoxy groups -OCH3 is 3. The van der Waals surface area contributed by atoms with E-state index in [1.165, 1.54) is 23.8 Å². The molecule has 0 bridgehead atoms. The maximum absolute atomic E-state index is 12.5. The molecule has 6 heteroatoms. The second kappa shape index (κ2) is 8.11. The van der Waals surface area contributed by atoms with Gasteiger partial charge in [-0.25, -0.2) is 4.79 Å². The number of esters is 1. The maximum atomic E-state index is 12.5. The molecule has 3 heterocycles. The Morgan fingerprint density at radius 1 is 1.31 bits per heavy atom. The van der Waals surface area contributed by atoms with Gasteiger partial charge < -0.3 is 19.2 Å². The van der Waals surface area contributed by atoms with Crippen molar-refractivity contribution in [1.82, 2.24) is 9.88 Å². The first-order valence-electron chi connectivity index (χ1n) is 10.4. The number of ether oxygens (including phenoxy) is 3. The summed E-state index contributed by atoms with van der Waals surface area (Å²) in [6.45, 7) is 4.19. The molecule has 3 atom stereocenters. The molecule has 0 aliphatic carbocycles. The number of carbonyl (C=O) groups is 1. The summed E-state index contributed by atoms with van der Waals surface area (Å²) >= 11 is 0. The average Bonchev–Trinajstić information content (AvgIpc) is 3.15. The first-order valence-corrected chi connectivity index (χ1v) is 10.4. The third-order valence-corrected chi connectivity index (χ3v) is 6.67. The van der Waals surface area contributed by atoms with Crippen LogP contribution in [0.15, 0.2) is 30.0 Å². The minimum atomic E-state index is -0.293. The molecule has 0 spiro atoms. The van der Waals surface area contributed by atoms with E-state index in [1.807, 2.05) is 12.1 Å². The van der Waals surface area contributed by atoms with Crippen LogP contribution in [0.5, 0.6) is 5.75 Å². The second-order valence-corrected chi connectivity index (χ2v) is 7.97. The van der Waals surface area contributed by atoms with Crippen LogP contribution in [0, 0.1) is 11.8 Å². The van der Waals surface area contributed by atoms with Gasteiger partial charge in [0.05, 0.1) is 39.2 Å². The molecule has 2 aliphatic heterocycles. The molecule has 0 saturated carbocycles. The van der Waals surface area contributed by atoms with Crippen molar-refractivity contribution in [3.8, 4) is 5.75 Å². The molecule has 1 aromatic heterocycles. The number of aromatic amines is 1. The number of nitrogens with one attached hydrogen (secondary N) is 1. The number of aromatic nitrogens is 1. The number of benzene rings is 1. The number of fused-ring (bicyclic) bond motifs is 5. The van der Waals surface area contributed by atoms with Crippen molar-refractivity contribution in [2.45, 2.75) is 32.2 Å². The number of hydrogen-bond donors (Lipinski definition) is 1. The van der Waals surface area contributed by atoms with Crippen LogP contribution in [-0.4, -0.2) is 50.3 Å². The van der Waals surface area contributed by atoms with Crippen LogP contribution in [0.4, 0.5) is 0 Å². The molecule has 2 aliphatic rings. The highest BCUT2D eigenvalue weighted by molar-refractivity contribution is 5.91. The van der Waals surface area contributed by atoms with Crippen molar-refractivity contribution < 1.29 is 19.0 Å². The van der Waals surface area contributed by atoms with E-state index in [0.29, 0.717) is 11.5 Å². The Labute approximate surface area is 171 Å². The normalized spacial score (nSPS) is 24.7. The average molecular weight is 399 g/mol. The van der Waals surface area contributed by atoms with Crippen LogP contribution in [0.1, 0.15) is 37.1 Å². The lowest BCUT2D eigenvalue weighted by Gasteiger charge is -2.46. The third-order valence-electron chi connectivity index (χ3n) is 6.67. The fourth-order valence-electron chi connectivity index (χ4n) is 5.28. The number of hydrogen-bond acceptors (Lipinski definition) is 5. The van der Waals surface area contributed by atoms with Crippen molar-refractivity contribution in [3.63, 3.8) is 0 Å². The number of rotatable bonds is 5. The summed E-state index contributed by atoms with van der Waals surface area (Å²) in [6, 6.07) is 6.40. The molecule has 0 unspecified atom stereocenters. The molecular formula is C23H30N2O4. The van der Waals surface area contributed by atoms with Gasteiger partial charge in [-0.2, -0.15) is 0 Å². The molecule has 6 nitrogen and oxygen atoms in total. The van der Waals surface area contributed by atoms with E-state index >= 15 is 0 Å². The monoisotopic (exact) mass is 398 g/mol.